The number of amides is 2. The minimum absolute atomic E-state index is 0.148. The highest BCUT2D eigenvalue weighted by Gasteiger charge is 2.27. The second kappa shape index (κ2) is 12.3. The summed E-state index contributed by atoms with van der Waals surface area (Å²) in [4.78, 5) is 28.7. The van der Waals surface area contributed by atoms with E-state index >= 15 is 0 Å². The summed E-state index contributed by atoms with van der Waals surface area (Å²) in [5.74, 6) is -0.371. The number of nitrogens with zero attached hydrogens (tertiary/aromatic N) is 3. The first-order chi connectivity index (χ1) is 19.5. The zero-order valence-electron chi connectivity index (χ0n) is 22.0. The lowest BCUT2D eigenvalue weighted by molar-refractivity contribution is -0.137. The van der Waals surface area contributed by atoms with Gasteiger partial charge in [-0.2, -0.15) is 5.10 Å². The number of hydrogen-bond acceptors (Lipinski definition) is 4. The first kappa shape index (κ1) is 26.6. The Morgan fingerprint density at radius 2 is 1.65 bits per heavy atom. The summed E-state index contributed by atoms with van der Waals surface area (Å²) >= 11 is 0. The lowest BCUT2D eigenvalue weighted by atomic mass is 9.95. The van der Waals surface area contributed by atoms with Crippen molar-refractivity contribution < 1.29 is 18.4 Å². The van der Waals surface area contributed by atoms with Crippen LogP contribution in [0.25, 0.3) is 16.9 Å². The Kier molecular flexibility index (Phi) is 8.15. The summed E-state index contributed by atoms with van der Waals surface area (Å²) < 4.78 is 20.7. The van der Waals surface area contributed by atoms with E-state index in [-0.39, 0.29) is 24.8 Å². The number of hydrogen-bond donors (Lipinski definition) is 1. The van der Waals surface area contributed by atoms with E-state index in [0.29, 0.717) is 29.4 Å². The number of halogens is 1. The van der Waals surface area contributed by atoms with Crippen molar-refractivity contribution in [2.45, 2.75) is 25.8 Å². The summed E-state index contributed by atoms with van der Waals surface area (Å²) in [5.41, 5.74) is 2.97. The molecule has 2 heterocycles. The molecule has 3 aromatic carbocycles. The van der Waals surface area contributed by atoms with Crippen LogP contribution in [0.3, 0.4) is 0 Å². The van der Waals surface area contributed by atoms with Gasteiger partial charge in [0.1, 0.15) is 23.9 Å². The van der Waals surface area contributed by atoms with Crippen LogP contribution in [0.4, 0.5) is 10.2 Å². The largest absolute Gasteiger partial charge is 0.467 e. The van der Waals surface area contributed by atoms with Crippen molar-refractivity contribution in [2.24, 2.45) is 0 Å². The molecule has 0 bridgehead atoms. The Bertz CT molecular complexity index is 1550. The van der Waals surface area contributed by atoms with Gasteiger partial charge in [0.05, 0.1) is 30.1 Å². The summed E-state index contributed by atoms with van der Waals surface area (Å²) in [6, 6.07) is 30.2. The normalized spacial score (nSPS) is 11.7. The molecule has 2 aromatic heterocycles. The van der Waals surface area contributed by atoms with Gasteiger partial charge < -0.3 is 14.6 Å². The minimum Gasteiger partial charge on any atom is -0.467 e. The lowest BCUT2D eigenvalue weighted by Gasteiger charge is -2.26. The number of benzene rings is 3. The van der Waals surface area contributed by atoms with E-state index in [1.165, 1.54) is 17.0 Å². The maximum Gasteiger partial charge on any atom is 0.245 e. The Hall–Kier alpha value is -4.98. The highest BCUT2D eigenvalue weighted by Crippen LogP contribution is 2.26. The van der Waals surface area contributed by atoms with Crippen LogP contribution in [-0.4, -0.2) is 33.0 Å². The topological polar surface area (TPSA) is 80.4 Å². The Labute approximate surface area is 231 Å². The van der Waals surface area contributed by atoms with E-state index in [0.717, 1.165) is 11.1 Å². The molecule has 2 amide bonds. The van der Waals surface area contributed by atoms with Gasteiger partial charge in [-0.15, -0.1) is 0 Å². The van der Waals surface area contributed by atoms with Crippen LogP contribution in [0.1, 0.15) is 30.6 Å². The molecule has 7 nitrogen and oxygen atoms in total. The zero-order chi connectivity index (χ0) is 27.9. The van der Waals surface area contributed by atoms with E-state index in [4.69, 9.17) is 4.42 Å². The molecule has 5 aromatic rings. The van der Waals surface area contributed by atoms with Crippen LogP contribution in [0.5, 0.6) is 0 Å². The quantitative estimate of drug-likeness (QED) is 0.223. The summed E-state index contributed by atoms with van der Waals surface area (Å²) in [5, 5.41) is 7.59. The number of aromatic nitrogens is 2. The van der Waals surface area contributed by atoms with E-state index in [1.807, 2.05) is 67.6 Å². The van der Waals surface area contributed by atoms with Crippen molar-refractivity contribution in [3.8, 4) is 16.9 Å². The second-order valence-corrected chi connectivity index (χ2v) is 9.36. The maximum atomic E-state index is 13.7. The van der Waals surface area contributed by atoms with Gasteiger partial charge in [0.15, 0.2) is 0 Å². The van der Waals surface area contributed by atoms with Gasteiger partial charge in [0.25, 0.3) is 0 Å². The van der Waals surface area contributed by atoms with Gasteiger partial charge >= 0.3 is 0 Å². The van der Waals surface area contributed by atoms with Crippen molar-refractivity contribution >= 4 is 17.6 Å². The number of rotatable bonds is 10. The molecule has 0 aliphatic heterocycles. The van der Waals surface area contributed by atoms with Crippen molar-refractivity contribution in [3.63, 3.8) is 0 Å². The predicted octanol–water partition coefficient (Wildman–Crippen LogP) is 6.43. The molecule has 5 rings (SSSR count). The zero-order valence-corrected chi connectivity index (χ0v) is 22.0. The molecule has 1 atom stereocenters. The molecule has 0 fully saturated rings. The Morgan fingerprint density at radius 3 is 2.30 bits per heavy atom. The predicted molar refractivity (Wildman–Crippen MR) is 151 cm³/mol. The van der Waals surface area contributed by atoms with Crippen LogP contribution < -0.4 is 5.32 Å². The third kappa shape index (κ3) is 6.18. The first-order valence-corrected chi connectivity index (χ1v) is 13.1. The van der Waals surface area contributed by atoms with Crippen molar-refractivity contribution in [3.05, 3.63) is 127 Å². The molecule has 202 valence electrons. The smallest absolute Gasteiger partial charge is 0.245 e. The Morgan fingerprint density at radius 1 is 0.950 bits per heavy atom. The number of carbonyl (C=O) groups excluding carboxylic acids is 2. The van der Waals surface area contributed by atoms with E-state index < -0.39 is 11.8 Å². The Balaban J connectivity index is 1.42. The van der Waals surface area contributed by atoms with Crippen molar-refractivity contribution in [1.29, 1.82) is 0 Å². The van der Waals surface area contributed by atoms with Gasteiger partial charge in [-0.25, -0.2) is 9.07 Å². The second-order valence-electron chi connectivity index (χ2n) is 9.36. The van der Waals surface area contributed by atoms with Crippen LogP contribution in [0.2, 0.25) is 0 Å². The highest BCUT2D eigenvalue weighted by atomic mass is 19.1. The highest BCUT2D eigenvalue weighted by molar-refractivity contribution is 5.95. The molecule has 1 N–H and O–H groups in total. The molecule has 0 aliphatic carbocycles. The monoisotopic (exact) mass is 536 g/mol. The van der Waals surface area contributed by atoms with Gasteiger partial charge in [0, 0.05) is 11.6 Å². The van der Waals surface area contributed by atoms with Crippen LogP contribution in [0, 0.1) is 5.82 Å². The molecular formula is C32H29FN4O3. The number of carbonyl (C=O) groups is 2. The molecule has 0 saturated carbocycles. The maximum absolute atomic E-state index is 13.7. The summed E-state index contributed by atoms with van der Waals surface area (Å²) in [6.07, 6.45) is 2.12. The van der Waals surface area contributed by atoms with E-state index in [9.17, 15) is 14.0 Å². The van der Waals surface area contributed by atoms with Crippen LogP contribution in [0.15, 0.2) is 114 Å². The molecule has 40 heavy (non-hydrogen) atoms. The molecule has 0 radical (unpaired) electrons. The average molecular weight is 537 g/mol. The van der Waals surface area contributed by atoms with Crippen LogP contribution >= 0.6 is 0 Å². The minimum atomic E-state index is -0.404. The van der Waals surface area contributed by atoms with Gasteiger partial charge in [-0.3, -0.25) is 9.59 Å². The number of nitrogens with one attached hydrogen (secondary N) is 1. The third-order valence-corrected chi connectivity index (χ3v) is 6.60. The average Bonchev–Trinajstić information content (AvgIpc) is 3.65. The fourth-order valence-corrected chi connectivity index (χ4v) is 4.62. The number of anilines is 1. The summed E-state index contributed by atoms with van der Waals surface area (Å²) in [7, 11) is 0. The van der Waals surface area contributed by atoms with Crippen molar-refractivity contribution in [2.75, 3.05) is 11.9 Å². The molecule has 8 heteroatoms. The van der Waals surface area contributed by atoms with Gasteiger partial charge in [-0.05, 0) is 48.4 Å². The fourth-order valence-electron chi connectivity index (χ4n) is 4.62. The summed E-state index contributed by atoms with van der Waals surface area (Å²) in [6.45, 7) is 1.90. The molecular weight excluding hydrogens is 507 g/mol. The van der Waals surface area contributed by atoms with E-state index in [2.05, 4.69) is 10.4 Å². The SMILES string of the molecule is CC[C@@H](C(=O)N(CC(=O)Nc1cc(-c2ccccc2)nn1-c1ccc(F)cc1)Cc1ccco1)c1ccccc1. The van der Waals surface area contributed by atoms with Gasteiger partial charge in [-0.1, -0.05) is 67.6 Å². The molecule has 0 saturated heterocycles. The lowest BCUT2D eigenvalue weighted by Crippen LogP contribution is -2.40. The standard InChI is InChI=1S/C32H29FN4O3/c1-2-28(23-10-5-3-6-11-23)32(39)36(21-27-14-9-19-40-27)22-31(38)34-30-20-29(24-12-7-4-8-13-24)35-37(30)26-17-15-25(33)16-18-26/h3-20,28H,2,21-22H2,1H3,(H,34,38)/t28-/m1/s1. The van der Waals surface area contributed by atoms with E-state index in [1.54, 1.807) is 41.3 Å². The number of furan rings is 1. The van der Waals surface area contributed by atoms with Crippen LogP contribution in [-0.2, 0) is 16.1 Å². The first-order valence-electron chi connectivity index (χ1n) is 13.1. The van der Waals surface area contributed by atoms with Crippen molar-refractivity contribution in [1.82, 2.24) is 14.7 Å². The fraction of sp³-hybridized carbons (Fsp3) is 0.156. The molecule has 0 unspecified atom stereocenters. The molecule has 0 spiro atoms. The third-order valence-electron chi connectivity index (χ3n) is 6.60. The molecule has 0 aliphatic rings. The van der Waals surface area contributed by atoms with Gasteiger partial charge in [0.2, 0.25) is 11.8 Å².